The Morgan fingerprint density at radius 2 is 1.84 bits per heavy atom. The normalized spacial score (nSPS) is 19.8. The Labute approximate surface area is 145 Å². The molecule has 2 heterocycles. The average molecular weight is 345 g/mol. The molecule has 0 bridgehead atoms. The summed E-state index contributed by atoms with van der Waals surface area (Å²) in [6.07, 6.45) is 0. The van der Waals surface area contributed by atoms with E-state index in [9.17, 15) is 14.7 Å². The van der Waals surface area contributed by atoms with Crippen molar-refractivity contribution >= 4 is 17.4 Å². The van der Waals surface area contributed by atoms with Crippen LogP contribution in [0.5, 0.6) is 5.75 Å². The number of nitrogens with zero attached hydrogens (tertiary/aromatic N) is 1. The number of carbonyl (C=O) groups excluding carboxylic acids is 2. The van der Waals surface area contributed by atoms with E-state index >= 15 is 0 Å². The first kappa shape index (κ1) is 17.0. The van der Waals surface area contributed by atoms with Crippen molar-refractivity contribution in [3.63, 3.8) is 0 Å². The molecule has 2 aliphatic heterocycles. The number of aliphatic hydroxyl groups is 1. The second kappa shape index (κ2) is 6.98. The third kappa shape index (κ3) is 3.23. The minimum Gasteiger partial charge on any atom is -0.504 e. The number of morpholine rings is 1. The zero-order valence-corrected chi connectivity index (χ0v) is 14.1. The summed E-state index contributed by atoms with van der Waals surface area (Å²) in [6, 6.07) is 6.65. The standard InChI is InChI=1S/C18H19NO6/c1-11(17(21)19-7-9-24-10-8-19)16-15(20)14(18(22)25-16)12-3-5-13(23-2)6-4-12/h3-6,20H,7-10H2,1-2H3/b16-11+. The van der Waals surface area contributed by atoms with Crippen LogP contribution in [0, 0.1) is 0 Å². The molecule has 0 spiro atoms. The van der Waals surface area contributed by atoms with Crippen LogP contribution in [0.15, 0.2) is 41.4 Å². The highest BCUT2D eigenvalue weighted by atomic mass is 16.6. The second-order valence-electron chi connectivity index (χ2n) is 5.70. The largest absolute Gasteiger partial charge is 0.504 e. The quantitative estimate of drug-likeness (QED) is 0.662. The zero-order chi connectivity index (χ0) is 18.0. The van der Waals surface area contributed by atoms with Gasteiger partial charge in [-0.05, 0) is 24.6 Å². The van der Waals surface area contributed by atoms with Crippen molar-refractivity contribution in [3.05, 3.63) is 46.9 Å². The lowest BCUT2D eigenvalue weighted by molar-refractivity contribution is -0.132. The van der Waals surface area contributed by atoms with Crippen LogP contribution in [-0.4, -0.2) is 55.3 Å². The third-order valence-corrected chi connectivity index (χ3v) is 4.19. The number of methoxy groups -OCH3 is 1. The van der Waals surface area contributed by atoms with Crippen molar-refractivity contribution in [2.24, 2.45) is 0 Å². The SMILES string of the molecule is COc1ccc(C2=C(O)/C(=C(/C)C(=O)N3CCOCC3)OC2=O)cc1. The number of benzene rings is 1. The number of aliphatic hydroxyl groups excluding tert-OH is 1. The molecule has 2 aliphatic rings. The highest BCUT2D eigenvalue weighted by molar-refractivity contribution is 6.21. The van der Waals surface area contributed by atoms with Gasteiger partial charge in [0.25, 0.3) is 5.91 Å². The first-order valence-corrected chi connectivity index (χ1v) is 7.91. The van der Waals surface area contributed by atoms with Gasteiger partial charge in [0.05, 0.1) is 25.9 Å². The molecule has 1 fully saturated rings. The number of carbonyl (C=O) groups is 2. The fourth-order valence-corrected chi connectivity index (χ4v) is 2.77. The van der Waals surface area contributed by atoms with Crippen molar-refractivity contribution in [1.82, 2.24) is 4.90 Å². The van der Waals surface area contributed by atoms with E-state index in [2.05, 4.69) is 0 Å². The van der Waals surface area contributed by atoms with E-state index in [1.54, 1.807) is 29.2 Å². The van der Waals surface area contributed by atoms with Gasteiger partial charge in [-0.15, -0.1) is 0 Å². The van der Waals surface area contributed by atoms with Crippen molar-refractivity contribution in [3.8, 4) is 5.75 Å². The fourth-order valence-electron chi connectivity index (χ4n) is 2.77. The van der Waals surface area contributed by atoms with Gasteiger partial charge in [-0.2, -0.15) is 0 Å². The lowest BCUT2D eigenvalue weighted by atomic mass is 10.0. The molecule has 0 aromatic heterocycles. The third-order valence-electron chi connectivity index (χ3n) is 4.19. The minimum absolute atomic E-state index is 0.0341. The summed E-state index contributed by atoms with van der Waals surface area (Å²) >= 11 is 0. The van der Waals surface area contributed by atoms with Crippen LogP contribution in [-0.2, 0) is 19.1 Å². The Balaban J connectivity index is 1.93. The molecule has 7 nitrogen and oxygen atoms in total. The first-order chi connectivity index (χ1) is 12.0. The molecular weight excluding hydrogens is 326 g/mol. The molecule has 0 aliphatic carbocycles. The van der Waals surface area contributed by atoms with Crippen LogP contribution in [0.4, 0.5) is 0 Å². The number of amides is 1. The van der Waals surface area contributed by atoms with E-state index in [1.165, 1.54) is 14.0 Å². The predicted molar refractivity (Wildman–Crippen MR) is 88.7 cm³/mol. The van der Waals surface area contributed by atoms with Crippen molar-refractivity contribution < 1.29 is 28.9 Å². The Morgan fingerprint density at radius 3 is 2.44 bits per heavy atom. The molecule has 132 valence electrons. The van der Waals surface area contributed by atoms with E-state index < -0.39 is 5.97 Å². The van der Waals surface area contributed by atoms with Crippen LogP contribution in [0.3, 0.4) is 0 Å². The molecule has 0 unspecified atom stereocenters. The van der Waals surface area contributed by atoms with E-state index in [1.807, 2.05) is 0 Å². The minimum atomic E-state index is -0.688. The summed E-state index contributed by atoms with van der Waals surface area (Å²) in [6.45, 7) is 3.40. The Kier molecular flexibility index (Phi) is 4.76. The number of rotatable bonds is 3. The predicted octanol–water partition coefficient (Wildman–Crippen LogP) is 1.65. The Hall–Kier alpha value is -2.80. The Morgan fingerprint density at radius 1 is 1.20 bits per heavy atom. The number of hydrogen-bond donors (Lipinski definition) is 1. The molecular formula is C18H19NO6. The van der Waals surface area contributed by atoms with Crippen molar-refractivity contribution in [2.75, 3.05) is 33.4 Å². The fraction of sp³-hybridized carbons (Fsp3) is 0.333. The van der Waals surface area contributed by atoms with Gasteiger partial charge in [-0.3, -0.25) is 4.79 Å². The average Bonchev–Trinajstić information content (AvgIpc) is 2.95. The monoisotopic (exact) mass is 345 g/mol. The number of esters is 1. The smallest absolute Gasteiger partial charge is 0.348 e. The molecule has 1 saturated heterocycles. The summed E-state index contributed by atoms with van der Waals surface area (Å²) in [5, 5.41) is 10.5. The van der Waals surface area contributed by atoms with Crippen molar-refractivity contribution in [2.45, 2.75) is 6.92 Å². The lowest BCUT2D eigenvalue weighted by Gasteiger charge is -2.27. The van der Waals surface area contributed by atoms with Gasteiger partial charge >= 0.3 is 5.97 Å². The van der Waals surface area contributed by atoms with Gasteiger partial charge in [-0.25, -0.2) is 4.79 Å². The summed E-state index contributed by atoms with van der Waals surface area (Å²) < 4.78 is 15.5. The summed E-state index contributed by atoms with van der Waals surface area (Å²) in [5.41, 5.74) is 0.716. The molecule has 25 heavy (non-hydrogen) atoms. The van der Waals surface area contributed by atoms with Gasteiger partial charge in [0.1, 0.15) is 11.3 Å². The zero-order valence-electron chi connectivity index (χ0n) is 14.1. The molecule has 1 aromatic carbocycles. The maximum Gasteiger partial charge on any atom is 0.348 e. The molecule has 1 N–H and O–H groups in total. The highest BCUT2D eigenvalue weighted by Gasteiger charge is 2.35. The van der Waals surface area contributed by atoms with Crippen LogP contribution >= 0.6 is 0 Å². The summed E-state index contributed by atoms with van der Waals surface area (Å²) in [7, 11) is 1.54. The van der Waals surface area contributed by atoms with E-state index in [4.69, 9.17) is 14.2 Å². The van der Waals surface area contributed by atoms with Gasteiger partial charge < -0.3 is 24.2 Å². The topological polar surface area (TPSA) is 85.3 Å². The number of ether oxygens (including phenoxy) is 3. The maximum atomic E-state index is 12.5. The van der Waals surface area contributed by atoms with E-state index in [0.29, 0.717) is 37.6 Å². The van der Waals surface area contributed by atoms with Gasteiger partial charge in [-0.1, -0.05) is 12.1 Å². The molecule has 1 aromatic rings. The van der Waals surface area contributed by atoms with Gasteiger partial charge in [0, 0.05) is 13.1 Å². The molecule has 0 radical (unpaired) electrons. The molecule has 0 saturated carbocycles. The van der Waals surface area contributed by atoms with Crippen LogP contribution in [0.1, 0.15) is 12.5 Å². The van der Waals surface area contributed by atoms with E-state index in [0.717, 1.165) is 0 Å². The number of cyclic esters (lactones) is 1. The first-order valence-electron chi connectivity index (χ1n) is 7.91. The lowest BCUT2D eigenvalue weighted by Crippen LogP contribution is -2.41. The molecule has 1 amide bonds. The number of hydrogen-bond acceptors (Lipinski definition) is 6. The Bertz CT molecular complexity index is 756. The molecule has 7 heteroatoms. The van der Waals surface area contributed by atoms with E-state index in [-0.39, 0.29) is 28.6 Å². The van der Waals surface area contributed by atoms with Gasteiger partial charge in [0.2, 0.25) is 0 Å². The summed E-state index contributed by atoms with van der Waals surface area (Å²) in [4.78, 5) is 26.3. The van der Waals surface area contributed by atoms with Crippen LogP contribution < -0.4 is 4.74 Å². The highest BCUT2D eigenvalue weighted by Crippen LogP contribution is 2.34. The summed E-state index contributed by atoms with van der Waals surface area (Å²) in [5.74, 6) is -0.758. The van der Waals surface area contributed by atoms with Crippen LogP contribution in [0.2, 0.25) is 0 Å². The van der Waals surface area contributed by atoms with Gasteiger partial charge in [0.15, 0.2) is 11.5 Å². The van der Waals surface area contributed by atoms with Crippen molar-refractivity contribution in [1.29, 1.82) is 0 Å². The maximum absolute atomic E-state index is 12.5. The molecule has 0 atom stereocenters. The molecule has 3 rings (SSSR count). The second-order valence-corrected chi connectivity index (χ2v) is 5.70. The van der Waals surface area contributed by atoms with Crippen LogP contribution in [0.25, 0.3) is 5.57 Å².